The molecule has 3 heterocycles. The molecule has 0 aromatic carbocycles. The highest BCUT2D eigenvalue weighted by molar-refractivity contribution is 5.94. The van der Waals surface area contributed by atoms with Gasteiger partial charge in [0.1, 0.15) is 0 Å². The minimum absolute atomic E-state index is 0.000378. The van der Waals surface area contributed by atoms with Gasteiger partial charge in [-0.25, -0.2) is 0 Å². The quantitative estimate of drug-likeness (QED) is 0.770. The molecule has 0 spiro atoms. The van der Waals surface area contributed by atoms with E-state index in [4.69, 9.17) is 4.52 Å². The van der Waals surface area contributed by atoms with Crippen molar-refractivity contribution in [2.24, 2.45) is 0 Å². The number of carbonyl (C=O) groups is 2. The Balaban J connectivity index is 1.60. The highest BCUT2D eigenvalue weighted by atomic mass is 16.5. The maximum atomic E-state index is 12.6. The molecule has 0 saturated carbocycles. The number of amides is 2. The zero-order valence-electron chi connectivity index (χ0n) is 16.0. The highest BCUT2D eigenvalue weighted by Crippen LogP contribution is 2.19. The zero-order valence-corrected chi connectivity index (χ0v) is 16.0. The Bertz CT molecular complexity index is 790. The minimum Gasteiger partial charge on any atom is -0.339 e. The van der Waals surface area contributed by atoms with Crippen LogP contribution < -0.4 is 0 Å². The van der Waals surface area contributed by atoms with Crippen LogP contribution in [0.15, 0.2) is 29.0 Å². The number of nitrogens with zero attached hydrogens (tertiary/aromatic N) is 5. The van der Waals surface area contributed by atoms with Crippen LogP contribution in [-0.4, -0.2) is 62.4 Å². The Hall–Kier alpha value is -2.77. The van der Waals surface area contributed by atoms with Gasteiger partial charge in [-0.15, -0.1) is 0 Å². The second-order valence-corrected chi connectivity index (χ2v) is 7.10. The van der Waals surface area contributed by atoms with Gasteiger partial charge >= 0.3 is 0 Å². The predicted molar refractivity (Wildman–Crippen MR) is 98.0 cm³/mol. The number of rotatable bonds is 6. The van der Waals surface area contributed by atoms with Gasteiger partial charge in [0.2, 0.25) is 11.8 Å². The molecule has 8 nitrogen and oxygen atoms in total. The van der Waals surface area contributed by atoms with E-state index in [1.54, 1.807) is 36.4 Å². The first-order valence-corrected chi connectivity index (χ1v) is 9.24. The Labute approximate surface area is 158 Å². The number of carbonyl (C=O) groups excluding carboxylic acids is 2. The van der Waals surface area contributed by atoms with E-state index >= 15 is 0 Å². The van der Waals surface area contributed by atoms with E-state index in [1.165, 1.54) is 0 Å². The average Bonchev–Trinajstić information content (AvgIpc) is 3.32. The standard InChI is InChI=1S/C19H25N5O3/c1-13(2)18-21-17(22-27-18)7-10-24(14(3)25)16-6-9-23(12-16)19(26)15-5-4-8-20-11-15/h4-5,8,11,13,16H,6-7,9-10,12H2,1-3H3. The smallest absolute Gasteiger partial charge is 0.255 e. The summed E-state index contributed by atoms with van der Waals surface area (Å²) >= 11 is 0. The lowest BCUT2D eigenvalue weighted by Gasteiger charge is -2.27. The summed E-state index contributed by atoms with van der Waals surface area (Å²) in [5.41, 5.74) is 0.570. The van der Waals surface area contributed by atoms with Crippen LogP contribution in [0.5, 0.6) is 0 Å². The van der Waals surface area contributed by atoms with Crippen LogP contribution >= 0.6 is 0 Å². The molecule has 2 aromatic rings. The normalized spacial score (nSPS) is 16.7. The van der Waals surface area contributed by atoms with Crippen LogP contribution in [0.2, 0.25) is 0 Å². The number of hydrogen-bond acceptors (Lipinski definition) is 6. The fraction of sp³-hybridized carbons (Fsp3) is 0.526. The van der Waals surface area contributed by atoms with Crippen molar-refractivity contribution in [1.29, 1.82) is 0 Å². The molecule has 2 aromatic heterocycles. The molecule has 0 N–H and O–H groups in total. The molecule has 0 radical (unpaired) electrons. The van der Waals surface area contributed by atoms with Gasteiger partial charge in [0.05, 0.1) is 11.6 Å². The van der Waals surface area contributed by atoms with Crippen molar-refractivity contribution < 1.29 is 14.1 Å². The molecular formula is C19H25N5O3. The van der Waals surface area contributed by atoms with Gasteiger partial charge in [-0.3, -0.25) is 14.6 Å². The second-order valence-electron chi connectivity index (χ2n) is 7.10. The van der Waals surface area contributed by atoms with Crippen LogP contribution in [-0.2, 0) is 11.2 Å². The van der Waals surface area contributed by atoms with Crippen molar-refractivity contribution in [3.63, 3.8) is 0 Å². The number of hydrogen-bond donors (Lipinski definition) is 0. The van der Waals surface area contributed by atoms with Crippen LogP contribution in [0.25, 0.3) is 0 Å². The molecule has 8 heteroatoms. The molecule has 1 aliphatic rings. The van der Waals surface area contributed by atoms with Crippen molar-refractivity contribution in [3.05, 3.63) is 41.8 Å². The summed E-state index contributed by atoms with van der Waals surface area (Å²) in [5.74, 6) is 1.33. The SMILES string of the molecule is CC(=O)N(CCc1noc(C(C)C)n1)C1CCN(C(=O)c2cccnc2)C1. The van der Waals surface area contributed by atoms with E-state index in [1.807, 2.05) is 18.7 Å². The third-order valence-corrected chi connectivity index (χ3v) is 4.76. The van der Waals surface area contributed by atoms with Gasteiger partial charge < -0.3 is 14.3 Å². The molecule has 27 heavy (non-hydrogen) atoms. The molecule has 0 bridgehead atoms. The van der Waals surface area contributed by atoms with E-state index in [0.717, 1.165) is 6.42 Å². The molecule has 1 fully saturated rings. The molecule has 3 rings (SSSR count). The molecule has 0 aliphatic carbocycles. The van der Waals surface area contributed by atoms with Gasteiger partial charge in [0.25, 0.3) is 5.91 Å². The van der Waals surface area contributed by atoms with Crippen LogP contribution in [0.3, 0.4) is 0 Å². The fourth-order valence-corrected chi connectivity index (χ4v) is 3.27. The molecular weight excluding hydrogens is 346 g/mol. The monoisotopic (exact) mass is 371 g/mol. The predicted octanol–water partition coefficient (Wildman–Crippen LogP) is 1.89. The lowest BCUT2D eigenvalue weighted by molar-refractivity contribution is -0.130. The first-order chi connectivity index (χ1) is 13.0. The summed E-state index contributed by atoms with van der Waals surface area (Å²) in [4.78, 5) is 36.7. The summed E-state index contributed by atoms with van der Waals surface area (Å²) in [6.45, 7) is 7.20. The van der Waals surface area contributed by atoms with Gasteiger partial charge in [0, 0.05) is 51.3 Å². The van der Waals surface area contributed by atoms with E-state index in [9.17, 15) is 9.59 Å². The van der Waals surface area contributed by atoms with Gasteiger partial charge in [-0.1, -0.05) is 19.0 Å². The van der Waals surface area contributed by atoms with Crippen LogP contribution in [0.4, 0.5) is 0 Å². The van der Waals surface area contributed by atoms with E-state index < -0.39 is 0 Å². The third kappa shape index (κ3) is 4.50. The number of aromatic nitrogens is 3. The van der Waals surface area contributed by atoms with Crippen molar-refractivity contribution >= 4 is 11.8 Å². The maximum absolute atomic E-state index is 12.6. The van der Waals surface area contributed by atoms with Crippen molar-refractivity contribution in [2.45, 2.75) is 45.6 Å². The topological polar surface area (TPSA) is 92.4 Å². The molecule has 1 unspecified atom stereocenters. The maximum Gasteiger partial charge on any atom is 0.255 e. The first kappa shape index (κ1) is 19.0. The van der Waals surface area contributed by atoms with Gasteiger partial charge in [-0.05, 0) is 18.6 Å². The van der Waals surface area contributed by atoms with Crippen LogP contribution in [0, 0.1) is 0 Å². The van der Waals surface area contributed by atoms with Crippen molar-refractivity contribution in [1.82, 2.24) is 24.9 Å². The number of pyridine rings is 1. The Morgan fingerprint density at radius 1 is 1.41 bits per heavy atom. The summed E-state index contributed by atoms with van der Waals surface area (Å²) in [5, 5.41) is 3.98. The fourth-order valence-electron chi connectivity index (χ4n) is 3.27. The molecule has 1 atom stereocenters. The third-order valence-electron chi connectivity index (χ3n) is 4.76. The van der Waals surface area contributed by atoms with Crippen molar-refractivity contribution in [3.8, 4) is 0 Å². The average molecular weight is 371 g/mol. The van der Waals surface area contributed by atoms with Gasteiger partial charge in [-0.2, -0.15) is 4.98 Å². The summed E-state index contributed by atoms with van der Waals surface area (Å²) in [6.07, 6.45) is 4.50. The molecule has 144 valence electrons. The lowest BCUT2D eigenvalue weighted by atomic mass is 10.2. The van der Waals surface area contributed by atoms with E-state index in [-0.39, 0.29) is 23.8 Å². The summed E-state index contributed by atoms with van der Waals surface area (Å²) in [7, 11) is 0. The second kappa shape index (κ2) is 8.28. The Morgan fingerprint density at radius 2 is 2.22 bits per heavy atom. The highest BCUT2D eigenvalue weighted by Gasteiger charge is 2.32. The largest absolute Gasteiger partial charge is 0.339 e. The van der Waals surface area contributed by atoms with E-state index in [2.05, 4.69) is 15.1 Å². The van der Waals surface area contributed by atoms with E-state index in [0.29, 0.717) is 43.3 Å². The molecule has 2 amide bonds. The first-order valence-electron chi connectivity index (χ1n) is 9.24. The molecule has 1 aliphatic heterocycles. The minimum atomic E-state index is -0.0474. The van der Waals surface area contributed by atoms with Crippen molar-refractivity contribution in [2.75, 3.05) is 19.6 Å². The summed E-state index contributed by atoms with van der Waals surface area (Å²) < 4.78 is 5.22. The summed E-state index contributed by atoms with van der Waals surface area (Å²) in [6, 6.07) is 3.51. The molecule has 1 saturated heterocycles. The van der Waals surface area contributed by atoms with Gasteiger partial charge in [0.15, 0.2) is 5.82 Å². The Morgan fingerprint density at radius 3 is 2.85 bits per heavy atom. The lowest BCUT2D eigenvalue weighted by Crippen LogP contribution is -2.42. The van der Waals surface area contributed by atoms with Crippen LogP contribution in [0.1, 0.15) is 55.2 Å². The zero-order chi connectivity index (χ0) is 19.4. The number of likely N-dealkylation sites (tertiary alicyclic amines) is 1. The Kier molecular flexibility index (Phi) is 5.83.